The molecule has 0 bridgehead atoms. The summed E-state index contributed by atoms with van der Waals surface area (Å²) in [5, 5.41) is 2.66. The predicted molar refractivity (Wildman–Crippen MR) is 60.0 cm³/mol. The van der Waals surface area contributed by atoms with Gasteiger partial charge in [0.2, 0.25) is 0 Å². The van der Waals surface area contributed by atoms with Crippen molar-refractivity contribution in [3.05, 3.63) is 23.8 Å². The van der Waals surface area contributed by atoms with Crippen LogP contribution in [0.2, 0.25) is 0 Å². The molecular formula is C12H11NO4. The maximum atomic E-state index is 11.3. The molecule has 1 aliphatic rings. The zero-order valence-corrected chi connectivity index (χ0v) is 9.06. The molecule has 17 heavy (non-hydrogen) atoms. The number of aldehydes is 1. The molecule has 0 radical (unpaired) electrons. The van der Waals surface area contributed by atoms with Crippen molar-refractivity contribution >= 4 is 23.7 Å². The van der Waals surface area contributed by atoms with Crippen LogP contribution in [0.5, 0.6) is 5.75 Å². The van der Waals surface area contributed by atoms with E-state index in [2.05, 4.69) is 5.32 Å². The lowest BCUT2D eigenvalue weighted by Crippen LogP contribution is -2.25. The van der Waals surface area contributed by atoms with Gasteiger partial charge in [0.1, 0.15) is 17.8 Å². The molecule has 0 saturated heterocycles. The Kier molecular flexibility index (Phi) is 3.18. The van der Waals surface area contributed by atoms with Gasteiger partial charge in [-0.15, -0.1) is 0 Å². The maximum absolute atomic E-state index is 11.3. The Labute approximate surface area is 97.8 Å². The minimum atomic E-state index is -0.214. The smallest absolute Gasteiger partial charge is 0.262 e. The van der Waals surface area contributed by atoms with E-state index in [1.54, 1.807) is 18.2 Å². The topological polar surface area (TPSA) is 72.5 Å². The van der Waals surface area contributed by atoms with E-state index in [1.807, 2.05) is 0 Å². The molecule has 88 valence electrons. The first-order valence-electron chi connectivity index (χ1n) is 5.20. The van der Waals surface area contributed by atoms with Gasteiger partial charge in [0.25, 0.3) is 5.91 Å². The van der Waals surface area contributed by atoms with Crippen LogP contribution >= 0.6 is 0 Å². The quantitative estimate of drug-likeness (QED) is 0.614. The van der Waals surface area contributed by atoms with Gasteiger partial charge < -0.3 is 14.8 Å². The number of benzene rings is 1. The highest BCUT2D eigenvalue weighted by atomic mass is 16.5. The Balaban J connectivity index is 2.15. The van der Waals surface area contributed by atoms with Gasteiger partial charge in [-0.3, -0.25) is 9.59 Å². The number of carbonyl (C=O) groups is 3. The van der Waals surface area contributed by atoms with Crippen molar-refractivity contribution in [3.63, 3.8) is 0 Å². The number of Topliss-reactive ketones (excluding diaryl/α,β-unsaturated/α-hetero) is 1. The Bertz CT molecular complexity index is 481. The average molecular weight is 233 g/mol. The zero-order valence-electron chi connectivity index (χ0n) is 9.06. The highest BCUT2D eigenvalue weighted by molar-refractivity contribution is 5.96. The summed E-state index contributed by atoms with van der Waals surface area (Å²) in [6, 6.07) is 5.15. The molecule has 1 aliphatic heterocycles. The van der Waals surface area contributed by atoms with Crippen molar-refractivity contribution < 1.29 is 19.1 Å². The fourth-order valence-corrected chi connectivity index (χ4v) is 1.63. The molecule has 1 aromatic rings. The lowest BCUT2D eigenvalue weighted by molar-refractivity contribution is -0.122. The molecule has 2 rings (SSSR count). The standard InChI is InChI=1S/C12H11NO4/c14-4-3-9(15)5-8-1-2-11-10(6-8)13-12(16)7-17-11/h1-2,4,6H,3,5,7H2,(H,13,16). The third-order valence-corrected chi connectivity index (χ3v) is 2.39. The van der Waals surface area contributed by atoms with Crippen molar-refractivity contribution in [2.24, 2.45) is 0 Å². The second-order valence-electron chi connectivity index (χ2n) is 3.75. The molecule has 0 atom stereocenters. The number of hydrogen-bond acceptors (Lipinski definition) is 4. The second kappa shape index (κ2) is 4.78. The lowest BCUT2D eigenvalue weighted by atomic mass is 10.1. The highest BCUT2D eigenvalue weighted by Gasteiger charge is 2.16. The SMILES string of the molecule is O=CCC(=O)Cc1ccc2c(c1)NC(=O)CO2. The summed E-state index contributed by atoms with van der Waals surface area (Å²) in [6.07, 6.45) is 0.688. The third kappa shape index (κ3) is 2.69. The van der Waals surface area contributed by atoms with E-state index in [4.69, 9.17) is 4.74 Å². The van der Waals surface area contributed by atoms with E-state index in [-0.39, 0.29) is 31.1 Å². The molecule has 5 heteroatoms. The molecule has 1 aromatic carbocycles. The molecule has 0 aromatic heterocycles. The van der Waals surface area contributed by atoms with Crippen LogP contribution < -0.4 is 10.1 Å². The summed E-state index contributed by atoms with van der Waals surface area (Å²) in [4.78, 5) is 32.6. The zero-order chi connectivity index (χ0) is 12.3. The van der Waals surface area contributed by atoms with Gasteiger partial charge in [-0.05, 0) is 17.7 Å². The molecule has 0 fully saturated rings. The molecule has 0 spiro atoms. The normalized spacial score (nSPS) is 13.3. The van der Waals surface area contributed by atoms with Crippen molar-refractivity contribution in [1.29, 1.82) is 0 Å². The van der Waals surface area contributed by atoms with Gasteiger partial charge in [-0.25, -0.2) is 0 Å². The van der Waals surface area contributed by atoms with Crippen LogP contribution in [0.3, 0.4) is 0 Å². The van der Waals surface area contributed by atoms with Gasteiger partial charge in [0, 0.05) is 6.42 Å². The minimum Gasteiger partial charge on any atom is -0.482 e. The molecule has 0 aliphatic carbocycles. The molecule has 1 amide bonds. The van der Waals surface area contributed by atoms with Gasteiger partial charge in [-0.1, -0.05) is 6.07 Å². The van der Waals surface area contributed by atoms with Gasteiger partial charge in [0.05, 0.1) is 12.1 Å². The second-order valence-corrected chi connectivity index (χ2v) is 3.75. The molecule has 0 saturated carbocycles. The minimum absolute atomic E-state index is 0.0103. The summed E-state index contributed by atoms with van der Waals surface area (Å²) in [5.41, 5.74) is 1.32. The Morgan fingerprint density at radius 1 is 1.47 bits per heavy atom. The Morgan fingerprint density at radius 3 is 3.06 bits per heavy atom. The van der Waals surface area contributed by atoms with E-state index in [1.165, 1.54) is 0 Å². The van der Waals surface area contributed by atoms with E-state index < -0.39 is 0 Å². The van der Waals surface area contributed by atoms with Crippen molar-refractivity contribution in [2.75, 3.05) is 11.9 Å². The molecule has 1 heterocycles. The van der Waals surface area contributed by atoms with Crippen LogP contribution in [-0.2, 0) is 20.8 Å². The molecule has 0 unspecified atom stereocenters. The van der Waals surface area contributed by atoms with E-state index in [0.29, 0.717) is 17.7 Å². The summed E-state index contributed by atoms with van der Waals surface area (Å²) in [6.45, 7) is 0.0103. The summed E-state index contributed by atoms with van der Waals surface area (Å²) >= 11 is 0. The number of ether oxygens (including phenoxy) is 1. The predicted octanol–water partition coefficient (Wildman–Crippen LogP) is 0.718. The third-order valence-electron chi connectivity index (χ3n) is 2.39. The lowest BCUT2D eigenvalue weighted by Gasteiger charge is -2.18. The van der Waals surface area contributed by atoms with Gasteiger partial charge in [0.15, 0.2) is 6.61 Å². The van der Waals surface area contributed by atoms with Gasteiger partial charge >= 0.3 is 0 Å². The van der Waals surface area contributed by atoms with Crippen LogP contribution in [0, 0.1) is 0 Å². The van der Waals surface area contributed by atoms with E-state index >= 15 is 0 Å². The van der Waals surface area contributed by atoms with Crippen LogP contribution in [-0.4, -0.2) is 24.6 Å². The maximum Gasteiger partial charge on any atom is 0.262 e. The molecule has 1 N–H and O–H groups in total. The van der Waals surface area contributed by atoms with Crippen LogP contribution in [0.1, 0.15) is 12.0 Å². The van der Waals surface area contributed by atoms with Crippen molar-refractivity contribution in [2.45, 2.75) is 12.8 Å². The van der Waals surface area contributed by atoms with Gasteiger partial charge in [-0.2, -0.15) is 0 Å². The first kappa shape index (κ1) is 11.3. The number of amides is 1. The number of carbonyl (C=O) groups excluding carboxylic acids is 3. The number of rotatable bonds is 4. The number of anilines is 1. The first-order chi connectivity index (χ1) is 8.19. The fraction of sp³-hybridized carbons (Fsp3) is 0.250. The largest absolute Gasteiger partial charge is 0.482 e. The molecule has 5 nitrogen and oxygen atoms in total. The van der Waals surface area contributed by atoms with Crippen LogP contribution in [0.15, 0.2) is 18.2 Å². The van der Waals surface area contributed by atoms with Crippen molar-refractivity contribution in [3.8, 4) is 5.75 Å². The number of fused-ring (bicyclic) bond motifs is 1. The van der Waals surface area contributed by atoms with E-state index in [9.17, 15) is 14.4 Å². The monoisotopic (exact) mass is 233 g/mol. The Hall–Kier alpha value is -2.17. The average Bonchev–Trinajstić information content (AvgIpc) is 2.28. The highest BCUT2D eigenvalue weighted by Crippen LogP contribution is 2.28. The molecular weight excluding hydrogens is 222 g/mol. The number of ketones is 1. The summed E-state index contributed by atoms with van der Waals surface area (Å²) < 4.78 is 5.19. The Morgan fingerprint density at radius 2 is 2.29 bits per heavy atom. The summed E-state index contributed by atoms with van der Waals surface area (Å²) in [7, 11) is 0. The van der Waals surface area contributed by atoms with Crippen LogP contribution in [0.25, 0.3) is 0 Å². The number of hydrogen-bond donors (Lipinski definition) is 1. The van der Waals surface area contributed by atoms with Crippen molar-refractivity contribution in [1.82, 2.24) is 0 Å². The summed E-state index contributed by atoms with van der Waals surface area (Å²) in [5.74, 6) is 0.230. The van der Waals surface area contributed by atoms with Crippen LogP contribution in [0.4, 0.5) is 5.69 Å². The van der Waals surface area contributed by atoms with E-state index in [0.717, 1.165) is 5.56 Å². The number of nitrogens with one attached hydrogen (secondary N) is 1. The fourth-order valence-electron chi connectivity index (χ4n) is 1.63. The first-order valence-corrected chi connectivity index (χ1v) is 5.20.